The molecule has 0 atom stereocenters. The maximum absolute atomic E-state index is 13.1. The summed E-state index contributed by atoms with van der Waals surface area (Å²) in [6.45, 7) is 0.340. The molecular weight excluding hydrogens is 248 g/mol. The van der Waals surface area contributed by atoms with Gasteiger partial charge in [0.05, 0.1) is 17.4 Å². The summed E-state index contributed by atoms with van der Waals surface area (Å²) in [5.41, 5.74) is 2.27. The van der Waals surface area contributed by atoms with Gasteiger partial charge in [-0.05, 0) is 23.8 Å². The van der Waals surface area contributed by atoms with Gasteiger partial charge >= 0.3 is 0 Å². The minimum absolute atomic E-state index is 0.340. The normalized spacial score (nSPS) is 10.8. The van der Waals surface area contributed by atoms with Crippen LogP contribution in [0.5, 0.6) is 0 Å². The van der Waals surface area contributed by atoms with Gasteiger partial charge in [-0.1, -0.05) is 12.1 Å². The number of hydrogen-bond acceptors (Lipinski definition) is 2. The van der Waals surface area contributed by atoms with Gasteiger partial charge in [0.2, 0.25) is 0 Å². The highest BCUT2D eigenvalue weighted by Crippen LogP contribution is 2.21. The first kappa shape index (κ1) is 11.6. The Morgan fingerprint density at radius 1 is 1.11 bits per heavy atom. The maximum Gasteiger partial charge on any atom is 0.126 e. The number of nitrogens with zero attached hydrogens (tertiary/aromatic N) is 1. The van der Waals surface area contributed by atoms with Crippen LogP contribution in [0.25, 0.3) is 10.9 Å². The van der Waals surface area contributed by atoms with E-state index in [1.807, 2.05) is 18.2 Å². The minimum atomic E-state index is -0.573. The van der Waals surface area contributed by atoms with E-state index in [4.69, 9.17) is 0 Å². The molecule has 0 saturated carbocycles. The molecule has 0 aliphatic heterocycles. The van der Waals surface area contributed by atoms with Crippen LogP contribution in [-0.2, 0) is 6.54 Å². The largest absolute Gasteiger partial charge is 0.379 e. The van der Waals surface area contributed by atoms with Crippen LogP contribution in [0.2, 0.25) is 0 Å². The Morgan fingerprint density at radius 2 is 1.89 bits per heavy atom. The number of halogens is 2. The second kappa shape index (κ2) is 4.68. The molecule has 0 fully saturated rings. The number of rotatable bonds is 3. The van der Waals surface area contributed by atoms with Crippen LogP contribution in [0.3, 0.4) is 0 Å². The number of benzene rings is 2. The van der Waals surface area contributed by atoms with Crippen molar-refractivity contribution in [1.82, 2.24) is 10.2 Å². The number of para-hydroxylation sites is 1. The van der Waals surface area contributed by atoms with Crippen molar-refractivity contribution in [3.05, 3.63) is 59.8 Å². The lowest BCUT2D eigenvalue weighted by Gasteiger charge is -2.07. The zero-order valence-electron chi connectivity index (χ0n) is 9.95. The van der Waals surface area contributed by atoms with E-state index in [2.05, 4.69) is 15.5 Å². The summed E-state index contributed by atoms with van der Waals surface area (Å²) >= 11 is 0. The van der Waals surface area contributed by atoms with Crippen molar-refractivity contribution in [2.45, 2.75) is 6.54 Å². The molecule has 1 heterocycles. The minimum Gasteiger partial charge on any atom is -0.379 e. The van der Waals surface area contributed by atoms with E-state index in [0.29, 0.717) is 12.1 Å². The van der Waals surface area contributed by atoms with E-state index >= 15 is 0 Å². The molecule has 0 radical (unpaired) electrons. The Morgan fingerprint density at radius 3 is 2.68 bits per heavy atom. The fourth-order valence-electron chi connectivity index (χ4n) is 2.03. The Labute approximate surface area is 108 Å². The molecule has 1 aromatic heterocycles. The highest BCUT2D eigenvalue weighted by atomic mass is 19.1. The molecule has 2 aromatic carbocycles. The highest BCUT2D eigenvalue weighted by molar-refractivity contribution is 5.89. The summed E-state index contributed by atoms with van der Waals surface area (Å²) in [5, 5.41) is 11.0. The lowest BCUT2D eigenvalue weighted by atomic mass is 10.2. The molecule has 0 saturated heterocycles. The highest BCUT2D eigenvalue weighted by Gasteiger charge is 2.04. The van der Waals surface area contributed by atoms with Crippen molar-refractivity contribution in [3.8, 4) is 0 Å². The number of anilines is 1. The summed E-state index contributed by atoms with van der Waals surface area (Å²) < 4.78 is 26.1. The molecule has 0 spiro atoms. The first-order valence-electron chi connectivity index (χ1n) is 5.83. The fraction of sp³-hybridized carbons (Fsp3) is 0.0714. The molecule has 0 unspecified atom stereocenters. The predicted octanol–water partition coefficient (Wildman–Crippen LogP) is 3.45. The number of hydrogen-bond donors (Lipinski definition) is 2. The van der Waals surface area contributed by atoms with E-state index in [1.54, 1.807) is 6.20 Å². The molecule has 19 heavy (non-hydrogen) atoms. The molecule has 96 valence electrons. The molecule has 3 rings (SSSR count). The summed E-state index contributed by atoms with van der Waals surface area (Å²) in [5.74, 6) is -1.15. The summed E-state index contributed by atoms with van der Waals surface area (Å²) in [6.07, 6.45) is 1.72. The molecule has 0 amide bonds. The Balaban J connectivity index is 1.84. The summed E-state index contributed by atoms with van der Waals surface area (Å²) in [7, 11) is 0. The predicted molar refractivity (Wildman–Crippen MR) is 69.8 cm³/mol. The standard InChI is InChI=1S/C14H11F2N3/c15-11-4-9(5-12(16)6-11)7-17-13-3-1-2-10-8-18-19-14(10)13/h1-6,8,17H,7H2,(H,18,19). The average Bonchev–Trinajstić information content (AvgIpc) is 2.83. The van der Waals surface area contributed by atoms with Crippen LogP contribution in [0.1, 0.15) is 5.56 Å². The lowest BCUT2D eigenvalue weighted by molar-refractivity contribution is 0.580. The van der Waals surface area contributed by atoms with Gasteiger partial charge in [-0.25, -0.2) is 8.78 Å². The number of aromatic amines is 1. The Hall–Kier alpha value is -2.43. The van der Waals surface area contributed by atoms with Crippen molar-refractivity contribution in [1.29, 1.82) is 0 Å². The molecular formula is C14H11F2N3. The average molecular weight is 259 g/mol. The first-order valence-corrected chi connectivity index (χ1v) is 5.83. The molecule has 5 heteroatoms. The van der Waals surface area contributed by atoms with Gasteiger partial charge in [-0.3, -0.25) is 5.10 Å². The van der Waals surface area contributed by atoms with Gasteiger partial charge in [0, 0.05) is 18.0 Å². The van der Waals surface area contributed by atoms with Crippen LogP contribution < -0.4 is 5.32 Å². The van der Waals surface area contributed by atoms with Gasteiger partial charge in [0.25, 0.3) is 0 Å². The van der Waals surface area contributed by atoms with Crippen LogP contribution in [0.15, 0.2) is 42.6 Å². The first-order chi connectivity index (χ1) is 9.22. The zero-order chi connectivity index (χ0) is 13.2. The van der Waals surface area contributed by atoms with Gasteiger partial charge < -0.3 is 5.32 Å². The maximum atomic E-state index is 13.1. The van der Waals surface area contributed by atoms with Crippen LogP contribution >= 0.6 is 0 Å². The van der Waals surface area contributed by atoms with E-state index in [1.165, 1.54) is 12.1 Å². The van der Waals surface area contributed by atoms with Crippen molar-refractivity contribution >= 4 is 16.6 Å². The summed E-state index contributed by atoms with van der Waals surface area (Å²) in [4.78, 5) is 0. The SMILES string of the molecule is Fc1cc(F)cc(CNc2cccc3cn[nH]c23)c1. The van der Waals surface area contributed by atoms with Gasteiger partial charge in [-0.15, -0.1) is 0 Å². The quantitative estimate of drug-likeness (QED) is 0.756. The molecule has 0 aliphatic carbocycles. The van der Waals surface area contributed by atoms with Crippen molar-refractivity contribution in [3.63, 3.8) is 0 Å². The van der Waals surface area contributed by atoms with E-state index in [9.17, 15) is 8.78 Å². The van der Waals surface area contributed by atoms with Crippen molar-refractivity contribution < 1.29 is 8.78 Å². The molecule has 0 aliphatic rings. The Kier molecular flexibility index (Phi) is 2.87. The van der Waals surface area contributed by atoms with Gasteiger partial charge in [0.15, 0.2) is 0 Å². The van der Waals surface area contributed by atoms with E-state index in [-0.39, 0.29) is 0 Å². The molecule has 3 nitrogen and oxygen atoms in total. The fourth-order valence-corrected chi connectivity index (χ4v) is 2.03. The number of fused-ring (bicyclic) bond motifs is 1. The Bertz CT molecular complexity index is 701. The van der Waals surface area contributed by atoms with E-state index < -0.39 is 11.6 Å². The van der Waals surface area contributed by atoms with Crippen LogP contribution in [0.4, 0.5) is 14.5 Å². The number of H-pyrrole nitrogens is 1. The van der Waals surface area contributed by atoms with Gasteiger partial charge in [0.1, 0.15) is 11.6 Å². The third-order valence-corrected chi connectivity index (χ3v) is 2.88. The van der Waals surface area contributed by atoms with Crippen LogP contribution in [0, 0.1) is 11.6 Å². The van der Waals surface area contributed by atoms with Crippen molar-refractivity contribution in [2.24, 2.45) is 0 Å². The monoisotopic (exact) mass is 259 g/mol. The molecule has 3 aromatic rings. The van der Waals surface area contributed by atoms with Crippen molar-refractivity contribution in [2.75, 3.05) is 5.32 Å². The number of nitrogens with one attached hydrogen (secondary N) is 2. The molecule has 0 bridgehead atoms. The molecule has 2 N–H and O–H groups in total. The zero-order valence-corrected chi connectivity index (χ0v) is 9.95. The topological polar surface area (TPSA) is 40.7 Å². The lowest BCUT2D eigenvalue weighted by Crippen LogP contribution is -2.01. The second-order valence-electron chi connectivity index (χ2n) is 4.27. The van der Waals surface area contributed by atoms with Gasteiger partial charge in [-0.2, -0.15) is 5.10 Å². The van der Waals surface area contributed by atoms with E-state index in [0.717, 1.165) is 22.7 Å². The third-order valence-electron chi connectivity index (χ3n) is 2.88. The second-order valence-corrected chi connectivity index (χ2v) is 4.27. The summed E-state index contributed by atoms with van der Waals surface area (Å²) in [6, 6.07) is 9.19. The third kappa shape index (κ3) is 2.40. The number of aromatic nitrogens is 2. The smallest absolute Gasteiger partial charge is 0.126 e. The van der Waals surface area contributed by atoms with Crippen LogP contribution in [-0.4, -0.2) is 10.2 Å².